The number of nitrogens with zero attached hydrogens (tertiary/aromatic N) is 2. The van der Waals surface area contributed by atoms with Crippen LogP contribution in [0.4, 0.5) is 5.69 Å². The maximum absolute atomic E-state index is 5.76. The Balaban J connectivity index is 1.99. The van der Waals surface area contributed by atoms with E-state index in [4.69, 9.17) is 5.73 Å². The summed E-state index contributed by atoms with van der Waals surface area (Å²) >= 11 is 0. The second-order valence-corrected chi connectivity index (χ2v) is 4.37. The van der Waals surface area contributed by atoms with E-state index in [-0.39, 0.29) is 0 Å². The summed E-state index contributed by atoms with van der Waals surface area (Å²) in [5.41, 5.74) is 7.70. The molecule has 0 radical (unpaired) electrons. The van der Waals surface area contributed by atoms with Gasteiger partial charge in [-0.3, -0.25) is 4.68 Å². The predicted molar refractivity (Wildman–Crippen MR) is 58.0 cm³/mol. The third-order valence-corrected chi connectivity index (χ3v) is 3.30. The smallest absolute Gasteiger partial charge is 0.0730 e. The fraction of sp³-hybridized carbons (Fsp3) is 0.727. The van der Waals surface area contributed by atoms with E-state index in [2.05, 4.69) is 9.78 Å². The molecule has 0 amide bonds. The quantitative estimate of drug-likeness (QED) is 0.783. The number of nitrogens with two attached hydrogens (primary N) is 1. The van der Waals surface area contributed by atoms with E-state index in [0.717, 1.165) is 23.8 Å². The molecule has 1 aliphatic rings. The van der Waals surface area contributed by atoms with Crippen LogP contribution in [0.25, 0.3) is 0 Å². The van der Waals surface area contributed by atoms with Crippen LogP contribution in [0.15, 0.2) is 6.20 Å². The van der Waals surface area contributed by atoms with Crippen LogP contribution in [0, 0.1) is 12.8 Å². The second kappa shape index (κ2) is 4.03. The number of hydrogen-bond donors (Lipinski definition) is 1. The van der Waals surface area contributed by atoms with E-state index in [1.54, 1.807) is 6.20 Å². The first-order valence-electron chi connectivity index (χ1n) is 5.55. The Morgan fingerprint density at radius 1 is 1.43 bits per heavy atom. The molecule has 1 aromatic heterocycles. The maximum atomic E-state index is 5.76. The van der Waals surface area contributed by atoms with E-state index in [9.17, 15) is 0 Å². The molecule has 0 aliphatic heterocycles. The number of anilines is 1. The molecule has 1 aliphatic carbocycles. The second-order valence-electron chi connectivity index (χ2n) is 4.37. The summed E-state index contributed by atoms with van der Waals surface area (Å²) in [6.45, 7) is 3.11. The highest BCUT2D eigenvalue weighted by Crippen LogP contribution is 2.25. The summed E-state index contributed by atoms with van der Waals surface area (Å²) in [6, 6.07) is 0. The van der Waals surface area contributed by atoms with E-state index < -0.39 is 0 Å². The lowest BCUT2D eigenvalue weighted by Gasteiger charge is -2.21. The molecular formula is C11H19N3. The van der Waals surface area contributed by atoms with Crippen molar-refractivity contribution in [2.45, 2.75) is 45.6 Å². The average molecular weight is 193 g/mol. The topological polar surface area (TPSA) is 43.8 Å². The van der Waals surface area contributed by atoms with Gasteiger partial charge in [0.2, 0.25) is 0 Å². The lowest BCUT2D eigenvalue weighted by Crippen LogP contribution is -2.16. The van der Waals surface area contributed by atoms with Crippen LogP contribution >= 0.6 is 0 Å². The van der Waals surface area contributed by atoms with Gasteiger partial charge in [-0.05, 0) is 25.7 Å². The molecule has 1 aromatic rings. The van der Waals surface area contributed by atoms with Crippen LogP contribution in [0.2, 0.25) is 0 Å². The Labute approximate surface area is 85.3 Å². The molecule has 1 saturated carbocycles. The first kappa shape index (κ1) is 9.56. The minimum absolute atomic E-state index is 0.820. The van der Waals surface area contributed by atoms with Crippen LogP contribution in [0.1, 0.15) is 37.8 Å². The number of aromatic nitrogens is 2. The molecule has 0 aromatic carbocycles. The minimum Gasteiger partial charge on any atom is -0.396 e. The summed E-state index contributed by atoms with van der Waals surface area (Å²) < 4.78 is 2.06. The lowest BCUT2D eigenvalue weighted by atomic mass is 9.89. The van der Waals surface area contributed by atoms with Gasteiger partial charge < -0.3 is 5.73 Å². The molecule has 3 heteroatoms. The molecule has 0 bridgehead atoms. The summed E-state index contributed by atoms with van der Waals surface area (Å²) in [5, 5.41) is 4.30. The summed E-state index contributed by atoms with van der Waals surface area (Å²) in [5.74, 6) is 0.821. The SMILES string of the molecule is Cc1c(N)cnn1CC1CCCCC1. The monoisotopic (exact) mass is 193 g/mol. The van der Waals surface area contributed by atoms with Gasteiger partial charge in [0.05, 0.1) is 17.6 Å². The van der Waals surface area contributed by atoms with Gasteiger partial charge in [-0.2, -0.15) is 5.10 Å². The van der Waals surface area contributed by atoms with E-state index in [0.29, 0.717) is 0 Å². The van der Waals surface area contributed by atoms with Crippen LogP contribution in [0.5, 0.6) is 0 Å². The molecule has 14 heavy (non-hydrogen) atoms. The normalized spacial score (nSPS) is 18.6. The van der Waals surface area contributed by atoms with Gasteiger partial charge in [0.25, 0.3) is 0 Å². The zero-order chi connectivity index (χ0) is 9.97. The van der Waals surface area contributed by atoms with Crippen LogP contribution in [-0.4, -0.2) is 9.78 Å². The molecule has 3 nitrogen and oxygen atoms in total. The van der Waals surface area contributed by atoms with Gasteiger partial charge in [-0.25, -0.2) is 0 Å². The molecule has 2 N–H and O–H groups in total. The third-order valence-electron chi connectivity index (χ3n) is 3.30. The Kier molecular flexibility index (Phi) is 2.75. The van der Waals surface area contributed by atoms with Crippen molar-refractivity contribution < 1.29 is 0 Å². The Morgan fingerprint density at radius 2 is 2.14 bits per heavy atom. The van der Waals surface area contributed by atoms with Gasteiger partial charge >= 0.3 is 0 Å². The predicted octanol–water partition coefficient (Wildman–Crippen LogP) is 2.35. The number of rotatable bonds is 2. The first-order valence-corrected chi connectivity index (χ1v) is 5.55. The fourth-order valence-electron chi connectivity index (χ4n) is 2.26. The number of hydrogen-bond acceptors (Lipinski definition) is 2. The molecule has 1 fully saturated rings. The van der Waals surface area contributed by atoms with Crippen LogP contribution in [-0.2, 0) is 6.54 Å². The van der Waals surface area contributed by atoms with E-state index >= 15 is 0 Å². The molecule has 0 unspecified atom stereocenters. The van der Waals surface area contributed by atoms with Crippen molar-refractivity contribution in [3.05, 3.63) is 11.9 Å². The molecule has 2 rings (SSSR count). The van der Waals surface area contributed by atoms with Crippen molar-refractivity contribution in [1.82, 2.24) is 9.78 Å². The summed E-state index contributed by atoms with van der Waals surface area (Å²) in [6.07, 6.45) is 8.67. The molecular weight excluding hydrogens is 174 g/mol. The molecule has 1 heterocycles. The standard InChI is InChI=1S/C11H19N3/c1-9-11(12)7-13-14(9)8-10-5-3-2-4-6-10/h7,10H,2-6,8,12H2,1H3. The van der Waals surface area contributed by atoms with Crippen molar-refractivity contribution in [2.75, 3.05) is 5.73 Å². The molecule has 0 saturated heterocycles. The molecule has 78 valence electrons. The number of nitrogen functional groups attached to an aromatic ring is 1. The lowest BCUT2D eigenvalue weighted by molar-refractivity contribution is 0.306. The molecule has 0 spiro atoms. The van der Waals surface area contributed by atoms with Crippen LogP contribution in [0.3, 0.4) is 0 Å². The average Bonchev–Trinajstić information content (AvgIpc) is 2.52. The fourth-order valence-corrected chi connectivity index (χ4v) is 2.26. The van der Waals surface area contributed by atoms with Crippen molar-refractivity contribution in [2.24, 2.45) is 5.92 Å². The van der Waals surface area contributed by atoms with Gasteiger partial charge in [-0.1, -0.05) is 19.3 Å². The summed E-state index contributed by atoms with van der Waals surface area (Å²) in [4.78, 5) is 0. The largest absolute Gasteiger partial charge is 0.396 e. The highest BCUT2D eigenvalue weighted by atomic mass is 15.3. The van der Waals surface area contributed by atoms with Gasteiger partial charge in [0.1, 0.15) is 0 Å². The van der Waals surface area contributed by atoms with Crippen molar-refractivity contribution in [1.29, 1.82) is 0 Å². The maximum Gasteiger partial charge on any atom is 0.0730 e. The zero-order valence-electron chi connectivity index (χ0n) is 8.87. The highest BCUT2D eigenvalue weighted by Gasteiger charge is 2.15. The highest BCUT2D eigenvalue weighted by molar-refractivity contribution is 5.39. The van der Waals surface area contributed by atoms with Gasteiger partial charge in [0, 0.05) is 6.54 Å². The van der Waals surface area contributed by atoms with E-state index in [1.165, 1.54) is 32.1 Å². The van der Waals surface area contributed by atoms with Crippen molar-refractivity contribution >= 4 is 5.69 Å². The summed E-state index contributed by atoms with van der Waals surface area (Å²) in [7, 11) is 0. The van der Waals surface area contributed by atoms with Crippen LogP contribution < -0.4 is 5.73 Å². The minimum atomic E-state index is 0.820. The van der Waals surface area contributed by atoms with Gasteiger partial charge in [-0.15, -0.1) is 0 Å². The molecule has 0 atom stereocenters. The van der Waals surface area contributed by atoms with Crippen molar-refractivity contribution in [3.63, 3.8) is 0 Å². The Morgan fingerprint density at radius 3 is 2.71 bits per heavy atom. The third kappa shape index (κ3) is 1.91. The first-order chi connectivity index (χ1) is 6.77. The van der Waals surface area contributed by atoms with Gasteiger partial charge in [0.15, 0.2) is 0 Å². The Bertz CT molecular complexity index is 297. The zero-order valence-corrected chi connectivity index (χ0v) is 8.87. The Hall–Kier alpha value is -0.990. The van der Waals surface area contributed by atoms with E-state index in [1.807, 2.05) is 6.92 Å². The van der Waals surface area contributed by atoms with Crippen molar-refractivity contribution in [3.8, 4) is 0 Å².